The minimum absolute atomic E-state index is 0.354. The molecule has 0 radical (unpaired) electrons. The smallest absolute Gasteiger partial charge is 0.0164 e. The van der Waals surface area contributed by atoms with Gasteiger partial charge in [0.2, 0.25) is 0 Å². The van der Waals surface area contributed by atoms with Gasteiger partial charge in [-0.15, -0.1) is 9.24 Å². The first-order chi connectivity index (χ1) is 13.7. The largest absolute Gasteiger partial charge is 0.126 e. The Hall–Kier alpha value is -0.350. The predicted octanol–water partition coefficient (Wildman–Crippen LogP) is 6.90. The van der Waals surface area contributed by atoms with Crippen LogP contribution in [0.5, 0.6) is 0 Å². The molecule has 1 unspecified atom stereocenters. The van der Waals surface area contributed by atoms with Crippen molar-refractivity contribution in [1.82, 2.24) is 0 Å². The molecule has 0 heterocycles. The Bertz CT molecular complexity index is 653. The molecule has 0 aromatic heterocycles. The molecule has 1 aromatic rings. The van der Waals surface area contributed by atoms with E-state index in [2.05, 4.69) is 39.6 Å². The van der Waals surface area contributed by atoms with Gasteiger partial charge in [-0.1, -0.05) is 30.3 Å². The second kappa shape index (κ2) is 6.09. The van der Waals surface area contributed by atoms with Gasteiger partial charge in [-0.3, -0.25) is 0 Å². The lowest BCUT2D eigenvalue weighted by molar-refractivity contribution is -0.113. The van der Waals surface area contributed by atoms with Gasteiger partial charge < -0.3 is 0 Å². The zero-order valence-corrected chi connectivity index (χ0v) is 18.5. The van der Waals surface area contributed by atoms with Gasteiger partial charge in [0.05, 0.1) is 0 Å². The third-order valence-corrected chi connectivity index (χ3v) is 11.9. The van der Waals surface area contributed by atoms with E-state index in [0.29, 0.717) is 5.16 Å². The van der Waals surface area contributed by atoms with Gasteiger partial charge in [0.25, 0.3) is 0 Å². The van der Waals surface area contributed by atoms with Crippen molar-refractivity contribution in [2.24, 2.45) is 59.2 Å². The molecule has 8 bridgehead atoms. The summed E-state index contributed by atoms with van der Waals surface area (Å²) in [6.07, 6.45) is 15.7. The highest BCUT2D eigenvalue weighted by Crippen LogP contribution is 2.70. The fraction of sp³-hybridized carbons (Fsp3) is 0.778. The van der Waals surface area contributed by atoms with Gasteiger partial charge in [-0.25, -0.2) is 0 Å². The lowest BCUT2D eigenvalue weighted by atomic mass is 9.42. The topological polar surface area (TPSA) is 0 Å². The van der Waals surface area contributed by atoms with E-state index < -0.39 is 0 Å². The number of hydrogen-bond donors (Lipinski definition) is 0. The molecule has 150 valence electrons. The third-order valence-electron chi connectivity index (χ3n) is 10.8. The SMILES string of the molecule is PC(c1ccccc1)(C1C2CC3CC(C2)CC1C3)C1C2CC3CC(C2)CC1C3. The highest BCUT2D eigenvalue weighted by Gasteiger charge is 2.62. The summed E-state index contributed by atoms with van der Waals surface area (Å²) >= 11 is 0. The van der Waals surface area contributed by atoms with E-state index in [1.54, 1.807) is 69.8 Å². The maximum atomic E-state index is 3.64. The van der Waals surface area contributed by atoms with E-state index in [0.717, 1.165) is 59.2 Å². The van der Waals surface area contributed by atoms with Crippen molar-refractivity contribution < 1.29 is 0 Å². The standard InChI is InChI=1S/C27H37P/c28-27(24-4-2-1-3-5-24,25-20-8-16-6-17(10-20)11-21(25)9-16)26-22-12-18-7-19(14-22)15-23(26)13-18/h1-5,16-23,25-26H,6-15,28H2. The van der Waals surface area contributed by atoms with Crippen molar-refractivity contribution >= 4 is 9.24 Å². The zero-order chi connectivity index (χ0) is 18.5. The lowest BCUT2D eigenvalue weighted by Crippen LogP contribution is -2.59. The fourth-order valence-electron chi connectivity index (χ4n) is 10.7. The molecule has 0 nitrogen and oxygen atoms in total. The number of rotatable bonds is 3. The predicted molar refractivity (Wildman–Crippen MR) is 119 cm³/mol. The first kappa shape index (κ1) is 17.3. The first-order valence-corrected chi connectivity index (χ1v) is 13.1. The normalized spacial score (nSPS) is 52.8. The van der Waals surface area contributed by atoms with E-state index >= 15 is 0 Å². The summed E-state index contributed by atoms with van der Waals surface area (Å²) in [6.45, 7) is 0. The van der Waals surface area contributed by atoms with Crippen molar-refractivity contribution in [1.29, 1.82) is 0 Å². The van der Waals surface area contributed by atoms with E-state index in [-0.39, 0.29) is 0 Å². The second-order valence-corrected chi connectivity index (χ2v) is 13.2. The first-order valence-electron chi connectivity index (χ1n) is 12.5. The molecule has 0 amide bonds. The Labute approximate surface area is 173 Å². The summed E-state index contributed by atoms with van der Waals surface area (Å²) in [7, 11) is 3.64. The van der Waals surface area contributed by atoms with E-state index in [4.69, 9.17) is 0 Å². The van der Waals surface area contributed by atoms with Crippen LogP contribution in [0.15, 0.2) is 30.3 Å². The van der Waals surface area contributed by atoms with Crippen molar-refractivity contribution in [3.05, 3.63) is 35.9 Å². The fourth-order valence-corrected chi connectivity index (χ4v) is 12.0. The van der Waals surface area contributed by atoms with Crippen LogP contribution in [-0.2, 0) is 5.16 Å². The molecular formula is C27H37P. The Balaban J connectivity index is 1.35. The van der Waals surface area contributed by atoms with Gasteiger partial charge in [-0.2, -0.15) is 0 Å². The molecule has 1 aromatic carbocycles. The summed E-state index contributed by atoms with van der Waals surface area (Å²) in [5.41, 5.74) is 1.69. The highest BCUT2D eigenvalue weighted by atomic mass is 31.0. The highest BCUT2D eigenvalue weighted by molar-refractivity contribution is 7.18. The van der Waals surface area contributed by atoms with Crippen LogP contribution in [0.3, 0.4) is 0 Å². The quantitative estimate of drug-likeness (QED) is 0.491. The Morgan fingerprint density at radius 1 is 0.536 bits per heavy atom. The lowest BCUT2D eigenvalue weighted by Gasteiger charge is -2.66. The minimum atomic E-state index is 0.354. The average molecular weight is 393 g/mol. The van der Waals surface area contributed by atoms with Gasteiger partial charge in [0.1, 0.15) is 0 Å². The second-order valence-electron chi connectivity index (χ2n) is 12.2. The molecule has 9 rings (SSSR count). The maximum absolute atomic E-state index is 3.64. The van der Waals surface area contributed by atoms with Crippen molar-refractivity contribution in [2.45, 2.75) is 69.4 Å². The Morgan fingerprint density at radius 2 is 0.893 bits per heavy atom. The average Bonchev–Trinajstić information content (AvgIpc) is 2.67. The summed E-state index contributed by atoms with van der Waals surface area (Å²) in [5, 5.41) is 0.354. The summed E-state index contributed by atoms with van der Waals surface area (Å²) in [4.78, 5) is 0. The summed E-state index contributed by atoms with van der Waals surface area (Å²) < 4.78 is 0. The monoisotopic (exact) mass is 392 g/mol. The zero-order valence-electron chi connectivity index (χ0n) is 17.3. The van der Waals surface area contributed by atoms with Crippen LogP contribution in [0, 0.1) is 59.2 Å². The van der Waals surface area contributed by atoms with Gasteiger partial charge in [-0.05, 0) is 129 Å². The van der Waals surface area contributed by atoms with Gasteiger partial charge in [0, 0.05) is 5.16 Å². The van der Waals surface area contributed by atoms with Crippen LogP contribution in [0.1, 0.15) is 69.8 Å². The number of hydrogen-bond acceptors (Lipinski definition) is 0. The molecule has 28 heavy (non-hydrogen) atoms. The number of benzene rings is 1. The van der Waals surface area contributed by atoms with Crippen molar-refractivity contribution in [3.63, 3.8) is 0 Å². The molecule has 0 aliphatic heterocycles. The van der Waals surface area contributed by atoms with E-state index in [1.807, 2.05) is 0 Å². The van der Waals surface area contributed by atoms with Crippen LogP contribution in [0.2, 0.25) is 0 Å². The Kier molecular flexibility index (Phi) is 3.77. The van der Waals surface area contributed by atoms with Gasteiger partial charge >= 0.3 is 0 Å². The van der Waals surface area contributed by atoms with Gasteiger partial charge in [0.15, 0.2) is 0 Å². The third kappa shape index (κ3) is 2.34. The van der Waals surface area contributed by atoms with Crippen molar-refractivity contribution in [3.8, 4) is 0 Å². The Morgan fingerprint density at radius 3 is 1.25 bits per heavy atom. The minimum Gasteiger partial charge on any atom is -0.126 e. The maximum Gasteiger partial charge on any atom is 0.0164 e. The molecule has 8 saturated carbocycles. The summed E-state index contributed by atoms with van der Waals surface area (Å²) in [6, 6.07) is 11.9. The molecule has 0 saturated heterocycles. The van der Waals surface area contributed by atoms with Crippen LogP contribution in [0.4, 0.5) is 0 Å². The molecular weight excluding hydrogens is 355 g/mol. The van der Waals surface area contributed by atoms with Crippen molar-refractivity contribution in [2.75, 3.05) is 0 Å². The van der Waals surface area contributed by atoms with Crippen LogP contribution < -0.4 is 0 Å². The molecule has 8 fully saturated rings. The molecule has 1 atom stereocenters. The van der Waals surface area contributed by atoms with E-state index in [1.165, 1.54) is 0 Å². The molecule has 8 aliphatic carbocycles. The van der Waals surface area contributed by atoms with Crippen LogP contribution >= 0.6 is 9.24 Å². The molecule has 1 heteroatoms. The van der Waals surface area contributed by atoms with Crippen LogP contribution in [0.25, 0.3) is 0 Å². The van der Waals surface area contributed by atoms with Crippen LogP contribution in [-0.4, -0.2) is 0 Å². The summed E-state index contributed by atoms with van der Waals surface area (Å²) in [5.74, 6) is 10.3. The van der Waals surface area contributed by atoms with E-state index in [9.17, 15) is 0 Å². The molecule has 8 aliphatic rings. The molecule has 0 N–H and O–H groups in total. The molecule has 0 spiro atoms.